The van der Waals surface area contributed by atoms with Crippen molar-refractivity contribution in [2.24, 2.45) is 0 Å². The van der Waals surface area contributed by atoms with Crippen molar-refractivity contribution >= 4 is 27.8 Å². The molecule has 1 aromatic rings. The van der Waals surface area contributed by atoms with E-state index < -0.39 is 15.9 Å². The minimum atomic E-state index is -3.94. The standard InChI is InChI=1S/C9H9ClO3S/c10-9-6-2-1-4-8(9)5-3-7-14(11,12)13/h1-6H,7H2,(H,11,12,13)/b5-3+. The van der Waals surface area contributed by atoms with E-state index in [2.05, 4.69) is 0 Å². The molecule has 0 aliphatic heterocycles. The molecule has 0 radical (unpaired) electrons. The summed E-state index contributed by atoms with van der Waals surface area (Å²) in [6, 6.07) is 7.03. The zero-order valence-corrected chi connectivity index (χ0v) is 8.79. The average molecular weight is 233 g/mol. The van der Waals surface area contributed by atoms with E-state index >= 15 is 0 Å². The molecule has 76 valence electrons. The lowest BCUT2D eigenvalue weighted by Crippen LogP contribution is -1.99. The highest BCUT2D eigenvalue weighted by atomic mass is 35.5. The number of hydrogen-bond donors (Lipinski definition) is 1. The fourth-order valence-electron chi connectivity index (χ4n) is 0.907. The Balaban J connectivity index is 2.75. The van der Waals surface area contributed by atoms with Gasteiger partial charge in [0, 0.05) is 5.02 Å². The van der Waals surface area contributed by atoms with E-state index in [4.69, 9.17) is 16.2 Å². The molecular weight excluding hydrogens is 224 g/mol. The lowest BCUT2D eigenvalue weighted by Gasteiger charge is -1.95. The topological polar surface area (TPSA) is 54.4 Å². The summed E-state index contributed by atoms with van der Waals surface area (Å²) in [6.45, 7) is 0. The predicted octanol–water partition coefficient (Wildman–Crippen LogP) is 2.24. The largest absolute Gasteiger partial charge is 0.285 e. The summed E-state index contributed by atoms with van der Waals surface area (Å²) in [5.74, 6) is -0.405. The molecule has 0 heterocycles. The Morgan fingerprint density at radius 1 is 1.36 bits per heavy atom. The maximum atomic E-state index is 10.4. The molecule has 0 atom stereocenters. The van der Waals surface area contributed by atoms with Gasteiger partial charge in [-0.2, -0.15) is 8.42 Å². The van der Waals surface area contributed by atoms with Gasteiger partial charge in [0.1, 0.15) is 0 Å². The second-order valence-electron chi connectivity index (χ2n) is 2.67. The van der Waals surface area contributed by atoms with Crippen LogP contribution in [0, 0.1) is 0 Å². The molecule has 1 rings (SSSR count). The zero-order valence-electron chi connectivity index (χ0n) is 7.22. The molecule has 1 N–H and O–H groups in total. The Kier molecular flexibility index (Phi) is 3.69. The third-order valence-electron chi connectivity index (χ3n) is 1.51. The highest BCUT2D eigenvalue weighted by Gasteiger charge is 1.99. The van der Waals surface area contributed by atoms with Crippen LogP contribution in [0.15, 0.2) is 30.3 Å². The first-order chi connectivity index (χ1) is 6.49. The summed E-state index contributed by atoms with van der Waals surface area (Å²) in [6.07, 6.45) is 2.90. The maximum Gasteiger partial charge on any atom is 0.268 e. The summed E-state index contributed by atoms with van der Waals surface area (Å²) < 4.78 is 29.2. The van der Waals surface area contributed by atoms with E-state index in [1.54, 1.807) is 30.3 Å². The molecule has 0 saturated carbocycles. The number of hydrogen-bond acceptors (Lipinski definition) is 2. The summed E-state index contributed by atoms with van der Waals surface area (Å²) in [4.78, 5) is 0. The molecule has 3 nitrogen and oxygen atoms in total. The van der Waals surface area contributed by atoms with Gasteiger partial charge in [-0.15, -0.1) is 0 Å². The van der Waals surface area contributed by atoms with Crippen LogP contribution in [0.5, 0.6) is 0 Å². The molecule has 0 amide bonds. The molecule has 0 spiro atoms. The molecule has 0 aliphatic carbocycles. The Labute approximate surface area is 87.8 Å². The second kappa shape index (κ2) is 4.59. The first kappa shape index (κ1) is 11.2. The summed E-state index contributed by atoms with van der Waals surface area (Å²) in [5.41, 5.74) is 0.720. The fourth-order valence-corrected chi connectivity index (χ4v) is 1.45. The van der Waals surface area contributed by atoms with Gasteiger partial charge < -0.3 is 0 Å². The van der Waals surface area contributed by atoms with E-state index in [1.807, 2.05) is 0 Å². The number of rotatable bonds is 3. The van der Waals surface area contributed by atoms with E-state index in [9.17, 15) is 8.42 Å². The van der Waals surface area contributed by atoms with Crippen molar-refractivity contribution in [2.45, 2.75) is 0 Å². The van der Waals surface area contributed by atoms with Gasteiger partial charge in [0.05, 0.1) is 5.75 Å². The van der Waals surface area contributed by atoms with Crippen molar-refractivity contribution in [3.63, 3.8) is 0 Å². The Morgan fingerprint density at radius 3 is 2.57 bits per heavy atom. The lowest BCUT2D eigenvalue weighted by molar-refractivity contribution is 0.487. The van der Waals surface area contributed by atoms with Crippen molar-refractivity contribution in [3.05, 3.63) is 40.9 Å². The minimum absolute atomic E-state index is 0.405. The van der Waals surface area contributed by atoms with Crippen LogP contribution in [-0.2, 0) is 10.1 Å². The lowest BCUT2D eigenvalue weighted by atomic mass is 10.2. The van der Waals surface area contributed by atoms with Crippen LogP contribution in [0.1, 0.15) is 5.56 Å². The Bertz CT molecular complexity index is 437. The monoisotopic (exact) mass is 232 g/mol. The smallest absolute Gasteiger partial charge is 0.268 e. The highest BCUT2D eigenvalue weighted by Crippen LogP contribution is 2.16. The highest BCUT2D eigenvalue weighted by molar-refractivity contribution is 7.85. The van der Waals surface area contributed by atoms with Gasteiger partial charge in [-0.25, -0.2) is 0 Å². The Morgan fingerprint density at radius 2 is 2.00 bits per heavy atom. The van der Waals surface area contributed by atoms with E-state index in [0.29, 0.717) is 5.02 Å². The molecule has 0 aromatic heterocycles. The first-order valence-corrected chi connectivity index (χ1v) is 5.84. The summed E-state index contributed by atoms with van der Waals surface area (Å²) in [7, 11) is -3.94. The van der Waals surface area contributed by atoms with Crippen LogP contribution < -0.4 is 0 Å². The molecule has 1 aromatic carbocycles. The minimum Gasteiger partial charge on any atom is -0.285 e. The number of benzene rings is 1. The van der Waals surface area contributed by atoms with Gasteiger partial charge in [0.15, 0.2) is 0 Å². The van der Waals surface area contributed by atoms with Crippen molar-refractivity contribution in [1.29, 1.82) is 0 Å². The van der Waals surface area contributed by atoms with Gasteiger partial charge in [0.25, 0.3) is 10.1 Å². The fraction of sp³-hybridized carbons (Fsp3) is 0.111. The summed E-state index contributed by atoms with van der Waals surface area (Å²) in [5, 5.41) is 0.541. The molecule has 0 saturated heterocycles. The van der Waals surface area contributed by atoms with Crippen molar-refractivity contribution < 1.29 is 13.0 Å². The third kappa shape index (κ3) is 3.91. The molecule has 14 heavy (non-hydrogen) atoms. The van der Waals surface area contributed by atoms with Crippen LogP contribution in [0.3, 0.4) is 0 Å². The van der Waals surface area contributed by atoms with E-state index in [-0.39, 0.29) is 0 Å². The van der Waals surface area contributed by atoms with Crippen LogP contribution in [0.25, 0.3) is 6.08 Å². The molecule has 0 unspecified atom stereocenters. The SMILES string of the molecule is O=S(=O)(O)C/C=C/c1ccccc1Cl. The van der Waals surface area contributed by atoms with Crippen molar-refractivity contribution in [1.82, 2.24) is 0 Å². The van der Waals surface area contributed by atoms with Crippen LogP contribution in [0.4, 0.5) is 0 Å². The Hall–Kier alpha value is -0.840. The maximum absolute atomic E-state index is 10.4. The zero-order chi connectivity index (χ0) is 10.6. The van der Waals surface area contributed by atoms with Crippen LogP contribution in [0.2, 0.25) is 5.02 Å². The summed E-state index contributed by atoms with van der Waals surface area (Å²) >= 11 is 5.81. The van der Waals surface area contributed by atoms with Gasteiger partial charge in [-0.3, -0.25) is 4.55 Å². The van der Waals surface area contributed by atoms with Gasteiger partial charge in [0.2, 0.25) is 0 Å². The van der Waals surface area contributed by atoms with Crippen LogP contribution in [-0.4, -0.2) is 18.7 Å². The molecule has 0 fully saturated rings. The van der Waals surface area contributed by atoms with Gasteiger partial charge in [-0.05, 0) is 11.6 Å². The number of halogens is 1. The van der Waals surface area contributed by atoms with Crippen molar-refractivity contribution in [2.75, 3.05) is 5.75 Å². The normalized spacial score (nSPS) is 12.1. The quantitative estimate of drug-likeness (QED) is 0.814. The van der Waals surface area contributed by atoms with Gasteiger partial charge >= 0.3 is 0 Å². The average Bonchev–Trinajstić information content (AvgIpc) is 2.06. The third-order valence-corrected chi connectivity index (χ3v) is 2.47. The molecular formula is C9H9ClO3S. The van der Waals surface area contributed by atoms with Crippen LogP contribution >= 0.6 is 11.6 Å². The van der Waals surface area contributed by atoms with E-state index in [1.165, 1.54) is 6.08 Å². The molecule has 5 heteroatoms. The molecule has 0 aliphatic rings. The predicted molar refractivity (Wildman–Crippen MR) is 56.9 cm³/mol. The van der Waals surface area contributed by atoms with Gasteiger partial charge in [-0.1, -0.05) is 42.0 Å². The van der Waals surface area contributed by atoms with E-state index in [0.717, 1.165) is 5.56 Å². The molecule has 0 bridgehead atoms. The second-order valence-corrected chi connectivity index (χ2v) is 4.58. The first-order valence-electron chi connectivity index (χ1n) is 3.85. The van der Waals surface area contributed by atoms with Crippen molar-refractivity contribution in [3.8, 4) is 0 Å².